The fraction of sp³-hybridized carbons (Fsp3) is 0.312. The molecule has 0 saturated heterocycles. The molecule has 0 fully saturated rings. The van der Waals surface area contributed by atoms with Crippen molar-refractivity contribution >= 4 is 35.4 Å². The number of anilines is 2. The number of esters is 1. The van der Waals surface area contributed by atoms with Crippen molar-refractivity contribution in [2.45, 2.75) is 45.6 Å². The summed E-state index contributed by atoms with van der Waals surface area (Å²) in [4.78, 5) is 50.4. The quantitative estimate of drug-likeness (QED) is 0.256. The number of hydrogen-bond acceptors (Lipinski definition) is 7. The van der Waals surface area contributed by atoms with Crippen molar-refractivity contribution in [3.8, 4) is 16.9 Å². The number of carbonyl (C=O) groups is 4. The molecule has 0 aromatic heterocycles. The summed E-state index contributed by atoms with van der Waals surface area (Å²) in [6, 6.07) is 20.7. The Labute approximate surface area is 244 Å². The van der Waals surface area contributed by atoms with Gasteiger partial charge in [0, 0.05) is 44.6 Å². The lowest BCUT2D eigenvalue weighted by molar-refractivity contribution is -0.131. The van der Waals surface area contributed by atoms with E-state index < -0.39 is 23.8 Å². The summed E-state index contributed by atoms with van der Waals surface area (Å²) in [5.41, 5.74) is 4.42. The minimum atomic E-state index is -0.714. The van der Waals surface area contributed by atoms with Gasteiger partial charge in [0.15, 0.2) is 5.75 Å². The van der Waals surface area contributed by atoms with Crippen molar-refractivity contribution < 1.29 is 33.4 Å². The van der Waals surface area contributed by atoms with Crippen LogP contribution in [-0.4, -0.2) is 49.9 Å². The van der Waals surface area contributed by atoms with Gasteiger partial charge in [0.1, 0.15) is 12.2 Å². The number of carbonyl (C=O) groups excluding carboxylic acids is 4. The van der Waals surface area contributed by atoms with Gasteiger partial charge in [-0.15, -0.1) is 0 Å². The van der Waals surface area contributed by atoms with Gasteiger partial charge in [-0.3, -0.25) is 14.5 Å². The number of benzene rings is 3. The van der Waals surface area contributed by atoms with E-state index in [2.05, 4.69) is 22.8 Å². The Morgan fingerprint density at radius 2 is 1.52 bits per heavy atom. The standard InChI is InChI=1S/C32H35N3O7/c1-20(36)41-28-18-21(14-15-27(28)35(5)31(39)42-32(2,3)4)34-29(37)16-17-33-30(38)40-19-26-24-12-8-6-10-22(24)23-11-7-9-13-25(23)26/h6-15,18,26H,16-17,19H2,1-5H3,(H,33,38)(H,34,37). The van der Waals surface area contributed by atoms with Gasteiger partial charge in [0.25, 0.3) is 0 Å². The molecule has 0 atom stereocenters. The smallest absolute Gasteiger partial charge is 0.414 e. The summed E-state index contributed by atoms with van der Waals surface area (Å²) >= 11 is 0. The van der Waals surface area contributed by atoms with E-state index in [1.165, 1.54) is 31.0 Å². The second kappa shape index (κ2) is 12.8. The Morgan fingerprint density at radius 3 is 2.12 bits per heavy atom. The average Bonchev–Trinajstić information content (AvgIpc) is 3.24. The molecule has 0 saturated carbocycles. The van der Waals surface area contributed by atoms with Gasteiger partial charge in [-0.25, -0.2) is 9.59 Å². The number of amides is 3. The summed E-state index contributed by atoms with van der Waals surface area (Å²) in [5.74, 6) is -0.957. The Morgan fingerprint density at radius 1 is 0.905 bits per heavy atom. The zero-order valence-electron chi connectivity index (χ0n) is 24.4. The minimum absolute atomic E-state index is 0.0212. The van der Waals surface area contributed by atoms with Crippen molar-refractivity contribution in [3.05, 3.63) is 77.9 Å². The summed E-state index contributed by atoms with van der Waals surface area (Å²) in [6.07, 6.45) is -1.27. The lowest BCUT2D eigenvalue weighted by Crippen LogP contribution is -2.34. The zero-order valence-corrected chi connectivity index (χ0v) is 24.4. The van der Waals surface area contributed by atoms with Gasteiger partial charge < -0.3 is 24.8 Å². The van der Waals surface area contributed by atoms with Crippen molar-refractivity contribution in [1.82, 2.24) is 5.32 Å². The molecule has 1 aliphatic carbocycles. The molecule has 10 heteroatoms. The van der Waals surface area contributed by atoms with Gasteiger partial charge in [-0.2, -0.15) is 0 Å². The fourth-order valence-electron chi connectivity index (χ4n) is 4.69. The molecule has 3 aromatic carbocycles. The summed E-state index contributed by atoms with van der Waals surface area (Å²) in [7, 11) is 1.49. The van der Waals surface area contributed by atoms with Gasteiger partial charge >= 0.3 is 18.2 Å². The Bertz CT molecular complexity index is 1450. The number of nitrogens with zero attached hydrogens (tertiary/aromatic N) is 1. The maximum Gasteiger partial charge on any atom is 0.414 e. The topological polar surface area (TPSA) is 123 Å². The molecule has 3 amide bonds. The summed E-state index contributed by atoms with van der Waals surface area (Å²) in [5, 5.41) is 5.32. The lowest BCUT2D eigenvalue weighted by atomic mass is 9.98. The van der Waals surface area contributed by atoms with E-state index in [9.17, 15) is 19.2 Å². The number of fused-ring (bicyclic) bond motifs is 3. The van der Waals surface area contributed by atoms with E-state index in [1.54, 1.807) is 26.8 Å². The summed E-state index contributed by atoms with van der Waals surface area (Å²) in [6.45, 7) is 6.69. The van der Waals surface area contributed by atoms with Gasteiger partial charge in [0.05, 0.1) is 5.69 Å². The predicted molar refractivity (Wildman–Crippen MR) is 159 cm³/mol. The molecule has 4 rings (SSSR count). The number of ether oxygens (including phenoxy) is 3. The molecule has 10 nitrogen and oxygen atoms in total. The number of hydrogen-bond donors (Lipinski definition) is 2. The first-order valence-electron chi connectivity index (χ1n) is 13.6. The van der Waals surface area contributed by atoms with Crippen LogP contribution in [0.1, 0.15) is 51.2 Å². The molecule has 42 heavy (non-hydrogen) atoms. The van der Waals surface area contributed by atoms with Crippen LogP contribution in [0.4, 0.5) is 21.0 Å². The first kappa shape index (κ1) is 30.1. The molecular formula is C32H35N3O7. The Balaban J connectivity index is 1.29. The highest BCUT2D eigenvalue weighted by Gasteiger charge is 2.29. The van der Waals surface area contributed by atoms with Gasteiger partial charge in [-0.1, -0.05) is 48.5 Å². The van der Waals surface area contributed by atoms with Crippen LogP contribution in [0.25, 0.3) is 11.1 Å². The van der Waals surface area contributed by atoms with Crippen molar-refractivity contribution in [3.63, 3.8) is 0 Å². The van der Waals surface area contributed by atoms with Crippen LogP contribution >= 0.6 is 0 Å². The van der Waals surface area contributed by atoms with E-state index in [1.807, 2.05) is 36.4 Å². The van der Waals surface area contributed by atoms with E-state index >= 15 is 0 Å². The third-order valence-corrected chi connectivity index (χ3v) is 6.49. The third-order valence-electron chi connectivity index (χ3n) is 6.49. The normalized spacial score (nSPS) is 12.0. The molecular weight excluding hydrogens is 538 g/mol. The van der Waals surface area contributed by atoms with E-state index in [0.717, 1.165) is 22.3 Å². The summed E-state index contributed by atoms with van der Waals surface area (Å²) < 4.78 is 16.2. The molecule has 0 radical (unpaired) electrons. The molecule has 0 spiro atoms. The van der Waals surface area contributed by atoms with Crippen LogP contribution in [0.2, 0.25) is 0 Å². The number of alkyl carbamates (subject to hydrolysis) is 1. The van der Waals surface area contributed by atoms with Crippen LogP contribution in [0.5, 0.6) is 5.75 Å². The first-order valence-corrected chi connectivity index (χ1v) is 13.6. The Kier molecular flexibility index (Phi) is 9.15. The van der Waals surface area contributed by atoms with Crippen molar-refractivity contribution in [2.24, 2.45) is 0 Å². The molecule has 1 aliphatic rings. The maximum atomic E-state index is 12.6. The highest BCUT2D eigenvalue weighted by Crippen LogP contribution is 2.44. The van der Waals surface area contributed by atoms with Crippen molar-refractivity contribution in [2.75, 3.05) is 30.4 Å². The number of nitrogens with one attached hydrogen (secondary N) is 2. The second-order valence-corrected chi connectivity index (χ2v) is 10.9. The zero-order chi connectivity index (χ0) is 30.4. The molecule has 0 bridgehead atoms. The van der Waals surface area contributed by atoms with Crippen LogP contribution in [-0.2, 0) is 19.1 Å². The van der Waals surface area contributed by atoms with E-state index in [4.69, 9.17) is 14.2 Å². The predicted octanol–water partition coefficient (Wildman–Crippen LogP) is 5.85. The maximum absolute atomic E-state index is 12.6. The Hall–Kier alpha value is -4.86. The molecule has 220 valence electrons. The van der Waals surface area contributed by atoms with Gasteiger partial charge in [-0.05, 0) is 55.2 Å². The minimum Gasteiger partial charge on any atom is -0.449 e. The highest BCUT2D eigenvalue weighted by atomic mass is 16.6. The van der Waals surface area contributed by atoms with Crippen LogP contribution < -0.4 is 20.3 Å². The van der Waals surface area contributed by atoms with Crippen LogP contribution in [0.3, 0.4) is 0 Å². The monoisotopic (exact) mass is 573 g/mol. The SMILES string of the molecule is CC(=O)Oc1cc(NC(=O)CCNC(=O)OCC2c3ccccc3-c3ccccc32)ccc1N(C)C(=O)OC(C)(C)C. The molecule has 0 aliphatic heterocycles. The lowest BCUT2D eigenvalue weighted by Gasteiger charge is -2.25. The fourth-order valence-corrected chi connectivity index (χ4v) is 4.69. The molecule has 2 N–H and O–H groups in total. The first-order chi connectivity index (χ1) is 19.9. The van der Waals surface area contributed by atoms with Crippen LogP contribution in [0, 0.1) is 0 Å². The van der Waals surface area contributed by atoms with Crippen LogP contribution in [0.15, 0.2) is 66.7 Å². The largest absolute Gasteiger partial charge is 0.449 e. The van der Waals surface area contributed by atoms with Gasteiger partial charge in [0.2, 0.25) is 5.91 Å². The molecule has 0 heterocycles. The molecule has 3 aromatic rings. The average molecular weight is 574 g/mol. The van der Waals surface area contributed by atoms with Crippen molar-refractivity contribution in [1.29, 1.82) is 0 Å². The third kappa shape index (κ3) is 7.45. The molecule has 0 unspecified atom stereocenters. The second-order valence-electron chi connectivity index (χ2n) is 10.9. The highest BCUT2D eigenvalue weighted by molar-refractivity contribution is 5.94. The van der Waals surface area contributed by atoms with E-state index in [0.29, 0.717) is 5.69 Å². The van der Waals surface area contributed by atoms with E-state index in [-0.39, 0.29) is 42.8 Å². The number of rotatable bonds is 8.